The molecule has 0 saturated carbocycles. The topological polar surface area (TPSA) is 73.6 Å². The van der Waals surface area contributed by atoms with Gasteiger partial charge in [0.25, 0.3) is 0 Å². The van der Waals surface area contributed by atoms with Crippen LogP contribution < -0.4 is 0 Å². The van der Waals surface area contributed by atoms with Crippen molar-refractivity contribution in [2.75, 3.05) is 25.6 Å². The molecule has 0 rings (SSSR count). The Kier molecular flexibility index (Phi) is 6.09. The van der Waals surface area contributed by atoms with Crippen LogP contribution in [0, 0.1) is 5.41 Å². The van der Waals surface area contributed by atoms with Crippen molar-refractivity contribution in [2.24, 2.45) is 4.99 Å². The maximum Gasteiger partial charge on any atom is 0.147 e. The highest BCUT2D eigenvalue weighted by Crippen LogP contribution is 2.11. The van der Waals surface area contributed by atoms with E-state index < -0.39 is 9.84 Å². The molecule has 0 heterocycles. The first-order valence-electron chi connectivity index (χ1n) is 5.31. The molecule has 0 fully saturated rings. The summed E-state index contributed by atoms with van der Waals surface area (Å²) in [5, 5.41) is 7.54. The first-order valence-corrected chi connectivity index (χ1v) is 7.37. The van der Waals surface area contributed by atoms with Crippen LogP contribution in [-0.4, -0.2) is 51.3 Å². The van der Waals surface area contributed by atoms with Gasteiger partial charge in [-0.05, 0) is 27.0 Å². The van der Waals surface area contributed by atoms with Crippen molar-refractivity contribution in [1.82, 2.24) is 4.90 Å². The molecule has 1 N–H and O–H groups in total. The van der Waals surface area contributed by atoms with Gasteiger partial charge in [-0.2, -0.15) is 0 Å². The van der Waals surface area contributed by atoms with Crippen molar-refractivity contribution in [3.8, 4) is 0 Å². The molecule has 0 aromatic rings. The smallest absolute Gasteiger partial charge is 0.147 e. The largest absolute Gasteiger partial charge is 0.359 e. The van der Waals surface area contributed by atoms with Crippen LogP contribution in [0.3, 0.4) is 0 Å². The lowest BCUT2D eigenvalue weighted by Crippen LogP contribution is -2.22. The van der Waals surface area contributed by atoms with Crippen LogP contribution in [0.15, 0.2) is 16.4 Å². The maximum absolute atomic E-state index is 11.0. The zero-order valence-corrected chi connectivity index (χ0v) is 11.8. The van der Waals surface area contributed by atoms with Crippen molar-refractivity contribution >= 4 is 22.3 Å². The summed E-state index contributed by atoms with van der Waals surface area (Å²) in [5.74, 6) is 0.788. The summed E-state index contributed by atoms with van der Waals surface area (Å²) < 4.78 is 22.0. The van der Waals surface area contributed by atoms with Gasteiger partial charge in [0.15, 0.2) is 0 Å². The van der Waals surface area contributed by atoms with E-state index in [4.69, 9.17) is 5.41 Å². The Morgan fingerprint density at radius 2 is 1.94 bits per heavy atom. The molecule has 0 spiro atoms. The molecule has 98 valence electrons. The summed E-state index contributed by atoms with van der Waals surface area (Å²) in [6.45, 7) is 7.54. The number of hydrogen-bond donors (Lipinski definition) is 1. The molecule has 0 aromatic carbocycles. The normalized spacial score (nSPS) is 12.9. The van der Waals surface area contributed by atoms with Crippen LogP contribution in [-0.2, 0) is 9.84 Å². The van der Waals surface area contributed by atoms with Crippen molar-refractivity contribution in [1.29, 1.82) is 5.41 Å². The van der Waals surface area contributed by atoms with Crippen molar-refractivity contribution in [2.45, 2.75) is 20.3 Å². The second-order valence-corrected chi connectivity index (χ2v) is 6.40. The number of nitrogens with one attached hydrogen (secondary N) is 1. The van der Waals surface area contributed by atoms with E-state index >= 15 is 0 Å². The quantitative estimate of drug-likeness (QED) is 0.701. The molecule has 0 aromatic heterocycles. The van der Waals surface area contributed by atoms with Crippen molar-refractivity contribution in [3.63, 3.8) is 0 Å². The standard InChI is InChI=1S/C11H21N3O2S/c1-9(10(2)12)11(13-3)14(4)7-6-8-17(5,15)16/h12H,3,6-8H2,1-2,4-5H3/b11-9+,12-10?. The molecule has 17 heavy (non-hydrogen) atoms. The summed E-state index contributed by atoms with van der Waals surface area (Å²) >= 11 is 0. The fourth-order valence-electron chi connectivity index (χ4n) is 1.36. The first kappa shape index (κ1) is 15.8. The molecule has 0 saturated heterocycles. The van der Waals surface area contributed by atoms with E-state index in [9.17, 15) is 8.42 Å². The Morgan fingerprint density at radius 1 is 1.41 bits per heavy atom. The average Bonchev–Trinajstić information content (AvgIpc) is 2.16. The third-order valence-electron chi connectivity index (χ3n) is 2.42. The van der Waals surface area contributed by atoms with E-state index in [-0.39, 0.29) is 5.75 Å². The zero-order valence-electron chi connectivity index (χ0n) is 10.9. The molecule has 6 heteroatoms. The van der Waals surface area contributed by atoms with E-state index in [0.717, 1.165) is 5.57 Å². The molecule has 0 unspecified atom stereocenters. The van der Waals surface area contributed by atoms with Gasteiger partial charge in [0, 0.05) is 31.1 Å². The van der Waals surface area contributed by atoms with Crippen molar-refractivity contribution < 1.29 is 8.42 Å². The van der Waals surface area contributed by atoms with Crippen LogP contribution >= 0.6 is 0 Å². The minimum atomic E-state index is -2.92. The van der Waals surface area contributed by atoms with E-state index in [1.54, 1.807) is 13.8 Å². The van der Waals surface area contributed by atoms with Crippen LogP contribution in [0.5, 0.6) is 0 Å². The lowest BCUT2D eigenvalue weighted by Gasteiger charge is -2.21. The summed E-state index contributed by atoms with van der Waals surface area (Å²) in [5.41, 5.74) is 1.18. The Bertz CT molecular complexity index is 424. The molecule has 5 nitrogen and oxygen atoms in total. The molecule has 0 bridgehead atoms. The SMILES string of the molecule is C=N/C(=C(/C)C(C)=N)N(C)CCCS(C)(=O)=O. The number of rotatable bonds is 7. The molecular weight excluding hydrogens is 238 g/mol. The lowest BCUT2D eigenvalue weighted by molar-refractivity contribution is 0.411. The highest BCUT2D eigenvalue weighted by molar-refractivity contribution is 7.90. The average molecular weight is 259 g/mol. The molecule has 0 radical (unpaired) electrons. The van der Waals surface area contributed by atoms with Gasteiger partial charge in [-0.3, -0.25) is 0 Å². The van der Waals surface area contributed by atoms with Gasteiger partial charge < -0.3 is 10.3 Å². The fraction of sp³-hybridized carbons (Fsp3) is 0.636. The maximum atomic E-state index is 11.0. The Balaban J connectivity index is 4.59. The second kappa shape index (κ2) is 6.54. The number of aliphatic imine (C=N–C) groups is 1. The van der Waals surface area contributed by atoms with Gasteiger partial charge in [-0.1, -0.05) is 0 Å². The summed E-state index contributed by atoms with van der Waals surface area (Å²) in [4.78, 5) is 5.71. The van der Waals surface area contributed by atoms with E-state index in [1.807, 2.05) is 11.9 Å². The van der Waals surface area contributed by atoms with Gasteiger partial charge in [0.1, 0.15) is 15.7 Å². The van der Waals surface area contributed by atoms with Gasteiger partial charge in [0.2, 0.25) is 0 Å². The third-order valence-corrected chi connectivity index (χ3v) is 3.45. The Labute approximate surface area is 104 Å². The van der Waals surface area contributed by atoms with Crippen LogP contribution in [0.2, 0.25) is 0 Å². The van der Waals surface area contributed by atoms with Gasteiger partial charge >= 0.3 is 0 Å². The van der Waals surface area contributed by atoms with Crippen LogP contribution in [0.1, 0.15) is 20.3 Å². The van der Waals surface area contributed by atoms with E-state index in [1.165, 1.54) is 6.26 Å². The highest BCUT2D eigenvalue weighted by atomic mass is 32.2. The third kappa shape index (κ3) is 6.21. The van der Waals surface area contributed by atoms with Gasteiger partial charge in [-0.25, -0.2) is 13.4 Å². The first-order chi connectivity index (χ1) is 7.69. The van der Waals surface area contributed by atoms with Crippen LogP contribution in [0.25, 0.3) is 0 Å². The molecule has 0 atom stereocenters. The molecule has 0 aliphatic carbocycles. The number of nitrogens with zero attached hydrogens (tertiary/aromatic N) is 2. The Hall–Kier alpha value is -1.17. The number of allylic oxidation sites excluding steroid dienone is 1. The predicted molar refractivity (Wildman–Crippen MR) is 72.6 cm³/mol. The summed E-state index contributed by atoms with van der Waals surface area (Å²) in [7, 11) is -1.10. The van der Waals surface area contributed by atoms with E-state index in [2.05, 4.69) is 11.7 Å². The zero-order chi connectivity index (χ0) is 13.6. The lowest BCUT2D eigenvalue weighted by atomic mass is 10.2. The minimum absolute atomic E-state index is 0.157. The molecule has 0 aliphatic rings. The monoisotopic (exact) mass is 259 g/mol. The molecule has 0 amide bonds. The number of sulfone groups is 1. The Morgan fingerprint density at radius 3 is 2.29 bits per heavy atom. The summed E-state index contributed by atoms with van der Waals surface area (Å²) in [6.07, 6.45) is 1.77. The van der Waals surface area contributed by atoms with E-state index in [0.29, 0.717) is 24.5 Å². The van der Waals surface area contributed by atoms with Gasteiger partial charge in [-0.15, -0.1) is 0 Å². The predicted octanol–water partition coefficient (Wildman–Crippen LogP) is 1.32. The summed E-state index contributed by atoms with van der Waals surface area (Å²) in [6, 6.07) is 0. The number of hydrogen-bond acceptors (Lipinski definition) is 5. The second-order valence-electron chi connectivity index (χ2n) is 4.14. The van der Waals surface area contributed by atoms with Crippen molar-refractivity contribution in [3.05, 3.63) is 11.4 Å². The highest BCUT2D eigenvalue weighted by Gasteiger charge is 2.09. The van der Waals surface area contributed by atoms with Gasteiger partial charge in [0.05, 0.1) is 5.75 Å². The fourth-order valence-corrected chi connectivity index (χ4v) is 2.02. The molecular formula is C11H21N3O2S. The molecule has 0 aliphatic heterocycles. The van der Waals surface area contributed by atoms with Crippen LogP contribution in [0.4, 0.5) is 0 Å². The minimum Gasteiger partial charge on any atom is -0.359 e.